The van der Waals surface area contributed by atoms with Crippen molar-refractivity contribution in [2.75, 3.05) is 13.7 Å². The SMILES string of the molecule is CCOC(=O)c1ccc(OC)c(OC(F)(F)F)c1. The minimum absolute atomic E-state index is 0.0445. The molecule has 0 atom stereocenters. The molecule has 7 heteroatoms. The summed E-state index contributed by atoms with van der Waals surface area (Å²) in [7, 11) is 1.20. The Kier molecular flexibility index (Phi) is 4.41. The zero-order valence-corrected chi connectivity index (χ0v) is 9.71. The second kappa shape index (κ2) is 5.61. The van der Waals surface area contributed by atoms with E-state index in [9.17, 15) is 18.0 Å². The van der Waals surface area contributed by atoms with E-state index in [4.69, 9.17) is 4.74 Å². The van der Waals surface area contributed by atoms with Gasteiger partial charge in [-0.25, -0.2) is 4.79 Å². The molecule has 0 unspecified atom stereocenters. The van der Waals surface area contributed by atoms with Crippen LogP contribution in [0.15, 0.2) is 18.2 Å². The summed E-state index contributed by atoms with van der Waals surface area (Å²) in [5.41, 5.74) is -0.0445. The topological polar surface area (TPSA) is 44.8 Å². The highest BCUT2D eigenvalue weighted by atomic mass is 19.4. The Morgan fingerprint density at radius 1 is 1.28 bits per heavy atom. The minimum atomic E-state index is -4.86. The van der Waals surface area contributed by atoms with Crippen LogP contribution in [0, 0.1) is 0 Å². The summed E-state index contributed by atoms with van der Waals surface area (Å²) in [5.74, 6) is -1.44. The molecule has 0 aliphatic rings. The van der Waals surface area contributed by atoms with E-state index in [1.54, 1.807) is 6.92 Å². The maximum Gasteiger partial charge on any atom is 0.573 e. The lowest BCUT2D eigenvalue weighted by Crippen LogP contribution is -2.18. The minimum Gasteiger partial charge on any atom is -0.493 e. The van der Waals surface area contributed by atoms with Crippen molar-refractivity contribution in [1.29, 1.82) is 0 Å². The van der Waals surface area contributed by atoms with Gasteiger partial charge in [0.15, 0.2) is 11.5 Å². The van der Waals surface area contributed by atoms with Gasteiger partial charge in [0.2, 0.25) is 0 Å². The molecule has 0 saturated carbocycles. The van der Waals surface area contributed by atoms with Gasteiger partial charge in [-0.05, 0) is 25.1 Å². The van der Waals surface area contributed by atoms with Gasteiger partial charge in [-0.2, -0.15) is 0 Å². The van der Waals surface area contributed by atoms with Crippen molar-refractivity contribution in [3.63, 3.8) is 0 Å². The number of halogens is 3. The molecule has 0 fully saturated rings. The van der Waals surface area contributed by atoms with Crippen molar-refractivity contribution in [2.24, 2.45) is 0 Å². The van der Waals surface area contributed by atoms with Crippen LogP contribution in [-0.4, -0.2) is 26.0 Å². The standard InChI is InChI=1S/C11H11F3O4/c1-3-17-10(15)7-4-5-8(16-2)9(6-7)18-11(12,13)14/h4-6H,3H2,1-2H3. The van der Waals surface area contributed by atoms with Crippen molar-refractivity contribution in [1.82, 2.24) is 0 Å². The van der Waals surface area contributed by atoms with Gasteiger partial charge in [0, 0.05) is 0 Å². The number of alkyl halides is 3. The number of carbonyl (C=O) groups is 1. The molecule has 18 heavy (non-hydrogen) atoms. The van der Waals surface area contributed by atoms with Crippen LogP contribution in [-0.2, 0) is 4.74 Å². The highest BCUT2D eigenvalue weighted by Gasteiger charge is 2.32. The van der Waals surface area contributed by atoms with Crippen LogP contribution in [0.2, 0.25) is 0 Å². The van der Waals surface area contributed by atoms with Crippen molar-refractivity contribution in [3.8, 4) is 11.5 Å². The fraction of sp³-hybridized carbons (Fsp3) is 0.364. The maximum absolute atomic E-state index is 12.1. The molecule has 0 amide bonds. The second-order valence-corrected chi connectivity index (χ2v) is 3.13. The molecule has 0 spiro atoms. The van der Waals surface area contributed by atoms with E-state index >= 15 is 0 Å². The van der Waals surface area contributed by atoms with E-state index in [1.807, 2.05) is 0 Å². The van der Waals surface area contributed by atoms with E-state index < -0.39 is 18.1 Å². The van der Waals surface area contributed by atoms with Gasteiger partial charge < -0.3 is 14.2 Å². The Hall–Kier alpha value is -1.92. The van der Waals surface area contributed by atoms with E-state index in [0.29, 0.717) is 0 Å². The number of methoxy groups -OCH3 is 1. The third kappa shape index (κ3) is 3.83. The fourth-order valence-corrected chi connectivity index (χ4v) is 1.22. The third-order valence-corrected chi connectivity index (χ3v) is 1.90. The zero-order chi connectivity index (χ0) is 13.8. The van der Waals surface area contributed by atoms with Crippen LogP contribution in [0.3, 0.4) is 0 Å². The molecule has 1 aromatic rings. The number of benzene rings is 1. The quantitative estimate of drug-likeness (QED) is 0.784. The first-order valence-corrected chi connectivity index (χ1v) is 4.98. The van der Waals surface area contributed by atoms with Crippen LogP contribution in [0.4, 0.5) is 13.2 Å². The second-order valence-electron chi connectivity index (χ2n) is 3.13. The average molecular weight is 264 g/mol. The van der Waals surface area contributed by atoms with Gasteiger partial charge in [0.25, 0.3) is 0 Å². The Morgan fingerprint density at radius 2 is 1.94 bits per heavy atom. The molecule has 0 radical (unpaired) electrons. The largest absolute Gasteiger partial charge is 0.573 e. The monoisotopic (exact) mass is 264 g/mol. The summed E-state index contributed by atoms with van der Waals surface area (Å²) in [6.45, 7) is 1.72. The predicted octanol–water partition coefficient (Wildman–Crippen LogP) is 2.77. The van der Waals surface area contributed by atoms with Crippen molar-refractivity contribution in [3.05, 3.63) is 23.8 Å². The van der Waals surface area contributed by atoms with Crippen LogP contribution < -0.4 is 9.47 Å². The number of hydrogen-bond acceptors (Lipinski definition) is 4. The lowest BCUT2D eigenvalue weighted by molar-refractivity contribution is -0.275. The normalized spacial score (nSPS) is 10.9. The highest BCUT2D eigenvalue weighted by molar-refractivity contribution is 5.90. The first-order valence-electron chi connectivity index (χ1n) is 4.98. The first kappa shape index (κ1) is 14.1. The Bertz CT molecular complexity index is 429. The smallest absolute Gasteiger partial charge is 0.493 e. The molecule has 0 N–H and O–H groups in total. The fourth-order valence-electron chi connectivity index (χ4n) is 1.22. The summed E-state index contributed by atoms with van der Waals surface area (Å²) in [6.07, 6.45) is -4.86. The molecule has 0 saturated heterocycles. The van der Waals surface area contributed by atoms with Gasteiger partial charge in [-0.15, -0.1) is 13.2 Å². The number of ether oxygens (including phenoxy) is 3. The molecular weight excluding hydrogens is 253 g/mol. The van der Waals surface area contributed by atoms with E-state index in [-0.39, 0.29) is 17.9 Å². The zero-order valence-electron chi connectivity index (χ0n) is 9.71. The highest BCUT2D eigenvalue weighted by Crippen LogP contribution is 2.33. The summed E-state index contributed by atoms with van der Waals surface area (Å²) in [4.78, 5) is 11.4. The number of rotatable bonds is 4. The molecule has 0 aliphatic heterocycles. The summed E-state index contributed by atoms with van der Waals surface area (Å²) in [5, 5.41) is 0. The predicted molar refractivity (Wildman–Crippen MR) is 55.6 cm³/mol. The molecule has 4 nitrogen and oxygen atoms in total. The molecule has 0 bridgehead atoms. The summed E-state index contributed by atoms with van der Waals surface area (Å²) >= 11 is 0. The molecule has 100 valence electrons. The van der Waals surface area contributed by atoms with Crippen LogP contribution >= 0.6 is 0 Å². The Balaban J connectivity index is 3.05. The number of hydrogen-bond donors (Lipinski definition) is 0. The van der Waals surface area contributed by atoms with Gasteiger partial charge in [0.05, 0.1) is 19.3 Å². The van der Waals surface area contributed by atoms with Crippen molar-refractivity contribution >= 4 is 5.97 Å². The lowest BCUT2D eigenvalue weighted by atomic mass is 10.2. The summed E-state index contributed by atoms with van der Waals surface area (Å²) < 4.78 is 49.6. The number of esters is 1. The van der Waals surface area contributed by atoms with E-state index in [2.05, 4.69) is 9.47 Å². The van der Waals surface area contributed by atoms with Crippen LogP contribution in [0.25, 0.3) is 0 Å². The molecule has 0 aliphatic carbocycles. The summed E-state index contributed by atoms with van der Waals surface area (Å²) in [6, 6.07) is 3.41. The third-order valence-electron chi connectivity index (χ3n) is 1.90. The van der Waals surface area contributed by atoms with Gasteiger partial charge >= 0.3 is 12.3 Å². The molecule has 1 aromatic carbocycles. The number of carbonyl (C=O) groups excluding carboxylic acids is 1. The van der Waals surface area contributed by atoms with Crippen molar-refractivity contribution < 1.29 is 32.2 Å². The average Bonchev–Trinajstić information content (AvgIpc) is 2.27. The van der Waals surface area contributed by atoms with Crippen molar-refractivity contribution in [2.45, 2.75) is 13.3 Å². The molecule has 0 aromatic heterocycles. The van der Waals surface area contributed by atoms with Crippen LogP contribution in [0.5, 0.6) is 11.5 Å². The Morgan fingerprint density at radius 3 is 2.44 bits per heavy atom. The Labute approximate surface area is 101 Å². The van der Waals surface area contributed by atoms with Gasteiger partial charge in [-0.1, -0.05) is 0 Å². The van der Waals surface area contributed by atoms with Gasteiger partial charge in [0.1, 0.15) is 0 Å². The molecular formula is C11H11F3O4. The molecule has 0 heterocycles. The van der Waals surface area contributed by atoms with E-state index in [1.165, 1.54) is 19.2 Å². The molecule has 1 rings (SSSR count). The lowest BCUT2D eigenvalue weighted by Gasteiger charge is -2.13. The van der Waals surface area contributed by atoms with Crippen LogP contribution in [0.1, 0.15) is 17.3 Å². The maximum atomic E-state index is 12.1. The van der Waals surface area contributed by atoms with E-state index in [0.717, 1.165) is 6.07 Å². The first-order chi connectivity index (χ1) is 8.37. The van der Waals surface area contributed by atoms with Gasteiger partial charge in [-0.3, -0.25) is 0 Å².